The van der Waals surface area contributed by atoms with Crippen LogP contribution in [0.4, 0.5) is 0 Å². The summed E-state index contributed by atoms with van der Waals surface area (Å²) in [6, 6.07) is 24.8. The maximum atomic E-state index is 10.4. The van der Waals surface area contributed by atoms with Gasteiger partial charge in [0.05, 0.1) is 23.2 Å². The summed E-state index contributed by atoms with van der Waals surface area (Å²) in [4.78, 5) is 14.8. The second-order valence-electron chi connectivity index (χ2n) is 12.1. The Labute approximate surface area is 267 Å². The minimum Gasteiger partial charge on any atom is -0.481 e. The molecule has 4 aromatic rings. The molecule has 6 heteroatoms. The predicted octanol–water partition coefficient (Wildman–Crippen LogP) is 9.58. The van der Waals surface area contributed by atoms with Crippen molar-refractivity contribution >= 4 is 53.3 Å². The van der Waals surface area contributed by atoms with Crippen LogP contribution in [-0.4, -0.2) is 27.4 Å². The molecule has 0 spiro atoms. The van der Waals surface area contributed by atoms with E-state index in [-0.39, 0.29) is 5.41 Å². The Balaban J connectivity index is 0.000000433. The SMILES string of the molecule is CC1(CC(=O)O)CC1.CS.Cc1cc(/C=C/c2cccc(CCCc3ccccc3C(C)(C)O)c2)nc2cc(Cl)ccc12. The number of aliphatic carboxylic acids is 1. The van der Waals surface area contributed by atoms with Crippen LogP contribution in [0.15, 0.2) is 72.8 Å². The van der Waals surface area contributed by atoms with Crippen LogP contribution in [0.3, 0.4) is 0 Å². The highest BCUT2D eigenvalue weighted by Gasteiger charge is 2.39. The number of carboxylic acids is 1. The highest BCUT2D eigenvalue weighted by molar-refractivity contribution is 7.79. The summed E-state index contributed by atoms with van der Waals surface area (Å²) in [6.45, 7) is 7.82. The summed E-state index contributed by atoms with van der Waals surface area (Å²) in [5.41, 5.74) is 7.10. The number of carbonyl (C=O) groups is 1. The first-order valence-electron chi connectivity index (χ1n) is 14.7. The molecule has 228 valence electrons. The highest BCUT2D eigenvalue weighted by Crippen LogP contribution is 2.47. The predicted molar refractivity (Wildman–Crippen MR) is 185 cm³/mol. The van der Waals surface area contributed by atoms with Gasteiger partial charge in [-0.05, 0) is 117 Å². The first-order valence-corrected chi connectivity index (χ1v) is 16.0. The zero-order chi connectivity index (χ0) is 31.6. The van der Waals surface area contributed by atoms with Gasteiger partial charge in [0.2, 0.25) is 0 Å². The van der Waals surface area contributed by atoms with E-state index in [4.69, 9.17) is 21.7 Å². The molecule has 1 heterocycles. The third kappa shape index (κ3) is 10.8. The molecule has 0 aliphatic heterocycles. The van der Waals surface area contributed by atoms with Crippen LogP contribution in [0.25, 0.3) is 23.1 Å². The topological polar surface area (TPSA) is 70.4 Å². The Bertz CT molecular complexity index is 1550. The minimum atomic E-state index is -0.818. The van der Waals surface area contributed by atoms with Gasteiger partial charge >= 0.3 is 5.97 Å². The molecule has 0 radical (unpaired) electrons. The van der Waals surface area contributed by atoms with Gasteiger partial charge in [-0.2, -0.15) is 12.6 Å². The first-order chi connectivity index (χ1) is 20.4. The van der Waals surface area contributed by atoms with Gasteiger partial charge in [0.25, 0.3) is 0 Å². The maximum Gasteiger partial charge on any atom is 0.303 e. The molecule has 4 nitrogen and oxygen atoms in total. The standard InChI is InChI=1S/C30H30ClNO.C6H10O2.CH4S/c1-21-18-26(32-29-20-25(31)15-17-27(21)29)16-14-23-9-6-8-22(19-23)10-7-12-24-11-4-5-13-28(24)30(2,3)33;1-6(2-3-6)4-5(7)8;1-2/h4-6,8-9,11,13-20,33H,7,10,12H2,1-3H3;2-4H2,1H3,(H,7,8);2H,1H3/b16-14+;;. The lowest BCUT2D eigenvalue weighted by Crippen LogP contribution is -2.18. The average molecular weight is 618 g/mol. The molecule has 0 atom stereocenters. The van der Waals surface area contributed by atoms with Gasteiger partial charge in [0, 0.05) is 10.4 Å². The van der Waals surface area contributed by atoms with Crippen molar-refractivity contribution in [3.8, 4) is 0 Å². The van der Waals surface area contributed by atoms with Crippen molar-refractivity contribution < 1.29 is 15.0 Å². The zero-order valence-electron chi connectivity index (χ0n) is 25.9. The van der Waals surface area contributed by atoms with Gasteiger partial charge in [-0.15, -0.1) is 0 Å². The van der Waals surface area contributed by atoms with E-state index in [1.807, 2.05) is 57.2 Å². The van der Waals surface area contributed by atoms with Crippen molar-refractivity contribution in [2.24, 2.45) is 5.41 Å². The van der Waals surface area contributed by atoms with E-state index in [1.165, 1.54) is 16.7 Å². The second kappa shape index (κ2) is 15.6. The zero-order valence-corrected chi connectivity index (χ0v) is 27.6. The van der Waals surface area contributed by atoms with Crippen molar-refractivity contribution in [2.45, 2.75) is 71.8 Å². The lowest BCUT2D eigenvalue weighted by atomic mass is 9.90. The fourth-order valence-corrected chi connectivity index (χ4v) is 5.26. The van der Waals surface area contributed by atoms with E-state index >= 15 is 0 Å². The number of hydrogen-bond donors (Lipinski definition) is 3. The van der Waals surface area contributed by atoms with E-state index in [0.717, 1.165) is 59.8 Å². The van der Waals surface area contributed by atoms with Gasteiger partial charge in [-0.1, -0.05) is 79.2 Å². The number of thiol groups is 1. The molecule has 5 rings (SSSR count). The van der Waals surface area contributed by atoms with E-state index in [9.17, 15) is 9.90 Å². The molecular weight excluding hydrogens is 574 g/mol. The third-order valence-corrected chi connectivity index (χ3v) is 7.90. The molecule has 0 amide bonds. The van der Waals surface area contributed by atoms with Gasteiger partial charge < -0.3 is 10.2 Å². The van der Waals surface area contributed by atoms with Crippen molar-refractivity contribution in [2.75, 3.05) is 6.26 Å². The van der Waals surface area contributed by atoms with E-state index in [0.29, 0.717) is 11.4 Å². The summed E-state index contributed by atoms with van der Waals surface area (Å²) < 4.78 is 0. The lowest BCUT2D eigenvalue weighted by Gasteiger charge is -2.21. The monoisotopic (exact) mass is 617 g/mol. The smallest absolute Gasteiger partial charge is 0.303 e. The number of pyridine rings is 1. The molecule has 1 aromatic heterocycles. The number of aromatic nitrogens is 1. The normalized spacial score (nSPS) is 13.6. The van der Waals surface area contributed by atoms with Gasteiger partial charge in [0.1, 0.15) is 0 Å². The van der Waals surface area contributed by atoms with Gasteiger partial charge in [-0.3, -0.25) is 4.79 Å². The molecule has 1 aliphatic rings. The Kier molecular flexibility index (Phi) is 12.4. The van der Waals surface area contributed by atoms with Crippen LogP contribution < -0.4 is 0 Å². The maximum absolute atomic E-state index is 10.4. The first kappa shape index (κ1) is 34.4. The number of hydrogen-bond acceptors (Lipinski definition) is 4. The molecule has 3 aromatic carbocycles. The molecule has 2 N–H and O–H groups in total. The molecular formula is C37H44ClNO3S. The molecule has 1 aliphatic carbocycles. The van der Waals surface area contributed by atoms with E-state index < -0.39 is 11.6 Å². The number of fused-ring (bicyclic) bond motifs is 1. The number of aliphatic hydroxyl groups is 1. The average Bonchev–Trinajstić information content (AvgIpc) is 3.68. The number of nitrogens with zero attached hydrogens (tertiary/aromatic N) is 1. The van der Waals surface area contributed by atoms with Crippen LogP contribution in [0.1, 0.15) is 80.0 Å². The molecule has 0 unspecified atom stereocenters. The van der Waals surface area contributed by atoms with Crippen LogP contribution in [0.5, 0.6) is 0 Å². The minimum absolute atomic E-state index is 0.172. The Morgan fingerprint density at radius 1 is 1.00 bits per heavy atom. The number of aryl methyl sites for hydroxylation is 3. The molecule has 1 saturated carbocycles. The number of rotatable bonds is 9. The van der Waals surface area contributed by atoms with Crippen LogP contribution in [-0.2, 0) is 23.2 Å². The Morgan fingerprint density at radius 2 is 1.72 bits per heavy atom. The van der Waals surface area contributed by atoms with Crippen molar-refractivity contribution in [3.63, 3.8) is 0 Å². The fourth-order valence-electron chi connectivity index (χ4n) is 5.09. The van der Waals surface area contributed by atoms with Crippen molar-refractivity contribution in [1.29, 1.82) is 0 Å². The molecule has 0 saturated heterocycles. The van der Waals surface area contributed by atoms with Crippen molar-refractivity contribution in [1.82, 2.24) is 4.98 Å². The Hall–Kier alpha value is -3.12. The molecule has 1 fully saturated rings. The third-order valence-electron chi connectivity index (χ3n) is 7.67. The number of benzene rings is 3. The van der Waals surface area contributed by atoms with Crippen LogP contribution >= 0.6 is 24.2 Å². The van der Waals surface area contributed by atoms with Gasteiger partial charge in [-0.25, -0.2) is 4.98 Å². The van der Waals surface area contributed by atoms with Crippen LogP contribution in [0, 0.1) is 12.3 Å². The summed E-state index contributed by atoms with van der Waals surface area (Å²) in [5.74, 6) is -0.662. The Morgan fingerprint density at radius 3 is 2.37 bits per heavy atom. The fraction of sp³-hybridized carbons (Fsp3) is 0.351. The van der Waals surface area contributed by atoms with E-state index in [1.54, 1.807) is 6.26 Å². The summed E-state index contributed by atoms with van der Waals surface area (Å²) >= 11 is 9.68. The van der Waals surface area contributed by atoms with Crippen LogP contribution in [0.2, 0.25) is 5.02 Å². The summed E-state index contributed by atoms with van der Waals surface area (Å²) in [6.07, 6.45) is 11.4. The summed E-state index contributed by atoms with van der Waals surface area (Å²) in [5, 5.41) is 20.6. The number of carboxylic acid groups (broad SMARTS) is 1. The molecule has 0 bridgehead atoms. The lowest BCUT2D eigenvalue weighted by molar-refractivity contribution is -0.138. The van der Waals surface area contributed by atoms with Crippen molar-refractivity contribution in [3.05, 3.63) is 111 Å². The number of halogens is 1. The summed E-state index contributed by atoms with van der Waals surface area (Å²) in [7, 11) is 0. The highest BCUT2D eigenvalue weighted by atomic mass is 35.5. The molecule has 43 heavy (non-hydrogen) atoms. The quantitative estimate of drug-likeness (QED) is 0.164. The largest absolute Gasteiger partial charge is 0.481 e. The van der Waals surface area contributed by atoms with E-state index in [2.05, 4.69) is 68.1 Å². The van der Waals surface area contributed by atoms with Gasteiger partial charge in [0.15, 0.2) is 0 Å². The second-order valence-corrected chi connectivity index (χ2v) is 12.5.